The number of hydrogen-bond donors (Lipinski definition) is 3. The fourth-order valence-corrected chi connectivity index (χ4v) is 1.11. The number of amides is 2. The van der Waals surface area contributed by atoms with Crippen LogP contribution in [-0.2, 0) is 4.74 Å². The molecule has 1 rings (SSSR count). The first-order valence-electron chi connectivity index (χ1n) is 4.98. The number of nitrogens with zero attached hydrogens (tertiary/aromatic N) is 1. The minimum atomic E-state index is -0.866. The Hall–Kier alpha value is -2.31. The van der Waals surface area contributed by atoms with E-state index >= 15 is 0 Å². The van der Waals surface area contributed by atoms with Crippen molar-refractivity contribution < 1.29 is 14.3 Å². The normalized spacial score (nSPS) is 9.47. The number of nitrogens with one attached hydrogen (secondary N) is 2. The van der Waals surface area contributed by atoms with Gasteiger partial charge in [-0.05, 0) is 12.1 Å². The second kappa shape index (κ2) is 6.31. The zero-order chi connectivity index (χ0) is 12.7. The van der Waals surface area contributed by atoms with Gasteiger partial charge in [0, 0.05) is 7.05 Å². The number of nitrogens with two attached hydrogens (primary N) is 1. The first kappa shape index (κ1) is 12.8. The molecule has 2 amide bonds. The summed E-state index contributed by atoms with van der Waals surface area (Å²) in [5, 5.41) is 5.37. The van der Waals surface area contributed by atoms with Crippen molar-refractivity contribution in [3.05, 3.63) is 23.9 Å². The number of rotatable bonds is 5. The number of primary amides is 1. The summed E-state index contributed by atoms with van der Waals surface area (Å²) >= 11 is 0. The smallest absolute Gasteiger partial charge is 0.404 e. The fourth-order valence-electron chi connectivity index (χ4n) is 1.11. The molecule has 0 unspecified atom stereocenters. The summed E-state index contributed by atoms with van der Waals surface area (Å²) in [5.41, 5.74) is 5.05. The van der Waals surface area contributed by atoms with E-state index in [0.29, 0.717) is 5.82 Å². The molecular formula is C10H14N4O3. The lowest BCUT2D eigenvalue weighted by molar-refractivity contribution is 0.0932. The molecule has 7 nitrogen and oxygen atoms in total. The SMILES string of the molecule is CNc1cccc(C(=O)NCCOC(N)=O)n1. The van der Waals surface area contributed by atoms with Gasteiger partial charge in [0.05, 0.1) is 6.54 Å². The summed E-state index contributed by atoms with van der Waals surface area (Å²) in [6.45, 7) is 0.222. The highest BCUT2D eigenvalue weighted by Crippen LogP contribution is 2.03. The molecule has 4 N–H and O–H groups in total. The lowest BCUT2D eigenvalue weighted by Crippen LogP contribution is -2.29. The van der Waals surface area contributed by atoms with E-state index in [1.54, 1.807) is 25.2 Å². The van der Waals surface area contributed by atoms with Crippen LogP contribution in [0.3, 0.4) is 0 Å². The molecule has 1 aromatic rings. The van der Waals surface area contributed by atoms with Crippen molar-refractivity contribution in [3.8, 4) is 0 Å². The highest BCUT2D eigenvalue weighted by atomic mass is 16.5. The maximum absolute atomic E-state index is 11.6. The van der Waals surface area contributed by atoms with Gasteiger partial charge < -0.3 is 21.1 Å². The average Bonchev–Trinajstić information content (AvgIpc) is 2.34. The molecule has 0 aliphatic rings. The summed E-state index contributed by atoms with van der Waals surface area (Å²) in [6, 6.07) is 5.05. The third-order valence-electron chi connectivity index (χ3n) is 1.87. The molecule has 0 atom stereocenters. The van der Waals surface area contributed by atoms with E-state index in [1.165, 1.54) is 0 Å². The number of carbonyl (C=O) groups is 2. The summed E-state index contributed by atoms with van der Waals surface area (Å²) < 4.78 is 4.46. The summed E-state index contributed by atoms with van der Waals surface area (Å²) in [5.74, 6) is 0.265. The molecule has 0 bridgehead atoms. The Labute approximate surface area is 98.4 Å². The average molecular weight is 238 g/mol. The first-order valence-corrected chi connectivity index (χ1v) is 4.98. The quantitative estimate of drug-likeness (QED) is 0.623. The van der Waals surface area contributed by atoms with E-state index < -0.39 is 6.09 Å². The van der Waals surface area contributed by atoms with E-state index in [1.807, 2.05) is 0 Å². The van der Waals surface area contributed by atoms with Gasteiger partial charge in [-0.25, -0.2) is 9.78 Å². The van der Waals surface area contributed by atoms with Crippen LogP contribution < -0.4 is 16.4 Å². The number of anilines is 1. The molecule has 0 aliphatic carbocycles. The molecule has 0 saturated heterocycles. The Kier molecular flexibility index (Phi) is 4.74. The largest absolute Gasteiger partial charge is 0.448 e. The van der Waals surface area contributed by atoms with Crippen LogP contribution in [0.15, 0.2) is 18.2 Å². The topological polar surface area (TPSA) is 106 Å². The highest BCUT2D eigenvalue weighted by Gasteiger charge is 2.06. The fraction of sp³-hybridized carbons (Fsp3) is 0.300. The van der Waals surface area contributed by atoms with Crippen LogP contribution >= 0.6 is 0 Å². The van der Waals surface area contributed by atoms with Crippen molar-refractivity contribution in [1.29, 1.82) is 0 Å². The van der Waals surface area contributed by atoms with Crippen LogP contribution in [0.25, 0.3) is 0 Å². The molecule has 1 aromatic heterocycles. The number of carbonyl (C=O) groups excluding carboxylic acids is 2. The van der Waals surface area contributed by atoms with Gasteiger partial charge in [-0.1, -0.05) is 6.07 Å². The van der Waals surface area contributed by atoms with Crippen molar-refractivity contribution in [1.82, 2.24) is 10.3 Å². The maximum atomic E-state index is 11.6. The predicted molar refractivity (Wildman–Crippen MR) is 61.7 cm³/mol. The number of aromatic nitrogens is 1. The molecule has 7 heteroatoms. The Morgan fingerprint density at radius 2 is 2.24 bits per heavy atom. The zero-order valence-corrected chi connectivity index (χ0v) is 9.40. The van der Waals surface area contributed by atoms with Crippen molar-refractivity contribution in [2.45, 2.75) is 0 Å². The van der Waals surface area contributed by atoms with Gasteiger partial charge in [0.2, 0.25) is 0 Å². The predicted octanol–water partition coefficient (Wildman–Crippen LogP) is -0.0516. The van der Waals surface area contributed by atoms with Gasteiger partial charge in [-0.3, -0.25) is 4.79 Å². The Bertz CT molecular complexity index is 408. The number of hydrogen-bond acceptors (Lipinski definition) is 5. The van der Waals surface area contributed by atoms with Crippen LogP contribution in [0.1, 0.15) is 10.5 Å². The van der Waals surface area contributed by atoms with Crippen molar-refractivity contribution >= 4 is 17.8 Å². The molecule has 92 valence electrons. The highest BCUT2D eigenvalue weighted by molar-refractivity contribution is 5.92. The Morgan fingerprint density at radius 1 is 1.47 bits per heavy atom. The molecule has 17 heavy (non-hydrogen) atoms. The Morgan fingerprint density at radius 3 is 2.88 bits per heavy atom. The summed E-state index contributed by atoms with van der Waals surface area (Å²) in [4.78, 5) is 25.9. The lowest BCUT2D eigenvalue weighted by Gasteiger charge is -2.05. The minimum absolute atomic E-state index is 0.0345. The molecule has 0 saturated carbocycles. The monoisotopic (exact) mass is 238 g/mol. The molecule has 0 aromatic carbocycles. The van der Waals surface area contributed by atoms with Gasteiger partial charge in [0.15, 0.2) is 0 Å². The molecule has 1 heterocycles. The molecule has 0 aliphatic heterocycles. The third kappa shape index (κ3) is 4.37. The van der Waals surface area contributed by atoms with Crippen LogP contribution in [0.2, 0.25) is 0 Å². The van der Waals surface area contributed by atoms with E-state index in [-0.39, 0.29) is 24.8 Å². The number of pyridine rings is 1. The van der Waals surface area contributed by atoms with Crippen molar-refractivity contribution in [3.63, 3.8) is 0 Å². The van der Waals surface area contributed by atoms with E-state index in [0.717, 1.165) is 0 Å². The van der Waals surface area contributed by atoms with Crippen molar-refractivity contribution in [2.24, 2.45) is 5.73 Å². The summed E-state index contributed by atoms with van der Waals surface area (Å²) in [6.07, 6.45) is -0.866. The van der Waals surface area contributed by atoms with E-state index in [2.05, 4.69) is 20.4 Å². The van der Waals surface area contributed by atoms with Gasteiger partial charge in [-0.15, -0.1) is 0 Å². The van der Waals surface area contributed by atoms with Gasteiger partial charge in [-0.2, -0.15) is 0 Å². The molecule has 0 radical (unpaired) electrons. The van der Waals surface area contributed by atoms with Crippen LogP contribution in [0, 0.1) is 0 Å². The number of ether oxygens (including phenoxy) is 1. The van der Waals surface area contributed by atoms with Crippen LogP contribution in [-0.4, -0.2) is 37.2 Å². The third-order valence-corrected chi connectivity index (χ3v) is 1.87. The Balaban J connectivity index is 2.43. The van der Waals surface area contributed by atoms with Gasteiger partial charge in [0.1, 0.15) is 18.1 Å². The van der Waals surface area contributed by atoms with E-state index in [4.69, 9.17) is 5.73 Å². The van der Waals surface area contributed by atoms with Crippen LogP contribution in [0.4, 0.5) is 10.6 Å². The molecule has 0 spiro atoms. The maximum Gasteiger partial charge on any atom is 0.404 e. The lowest BCUT2D eigenvalue weighted by atomic mass is 10.3. The molecular weight excluding hydrogens is 224 g/mol. The van der Waals surface area contributed by atoms with Gasteiger partial charge >= 0.3 is 6.09 Å². The summed E-state index contributed by atoms with van der Waals surface area (Å²) in [7, 11) is 1.71. The van der Waals surface area contributed by atoms with E-state index in [9.17, 15) is 9.59 Å². The second-order valence-corrected chi connectivity index (χ2v) is 3.08. The standard InChI is InChI=1S/C10H14N4O3/c1-12-8-4-2-3-7(14-8)9(15)13-5-6-17-10(11)16/h2-4H,5-6H2,1H3,(H2,11,16)(H,12,14)(H,13,15). The first-order chi connectivity index (χ1) is 8.13. The second-order valence-electron chi connectivity index (χ2n) is 3.08. The van der Waals surface area contributed by atoms with Crippen molar-refractivity contribution in [2.75, 3.05) is 25.5 Å². The minimum Gasteiger partial charge on any atom is -0.448 e. The van der Waals surface area contributed by atoms with Gasteiger partial charge in [0.25, 0.3) is 5.91 Å². The molecule has 0 fully saturated rings. The van der Waals surface area contributed by atoms with Crippen LogP contribution in [0.5, 0.6) is 0 Å². The zero-order valence-electron chi connectivity index (χ0n) is 9.40.